The van der Waals surface area contributed by atoms with Gasteiger partial charge in [-0.25, -0.2) is 0 Å². The zero-order valence-electron chi connectivity index (χ0n) is 15.9. The first-order valence-electron chi connectivity index (χ1n) is 8.99. The Morgan fingerprint density at radius 1 is 1.11 bits per heavy atom. The third-order valence-electron chi connectivity index (χ3n) is 4.44. The maximum Gasteiger partial charge on any atom is 0.243 e. The van der Waals surface area contributed by atoms with Gasteiger partial charge in [-0.3, -0.25) is 19.1 Å². The van der Waals surface area contributed by atoms with E-state index in [0.29, 0.717) is 23.1 Å². The molecule has 0 spiro atoms. The van der Waals surface area contributed by atoms with Crippen LogP contribution in [0.3, 0.4) is 0 Å². The molecule has 1 heterocycles. The van der Waals surface area contributed by atoms with E-state index in [-0.39, 0.29) is 30.2 Å². The number of carbonyl (C=O) groups is 2. The molecule has 0 saturated carbocycles. The van der Waals surface area contributed by atoms with Crippen LogP contribution >= 0.6 is 0 Å². The van der Waals surface area contributed by atoms with E-state index in [4.69, 9.17) is 0 Å². The molecule has 0 aliphatic rings. The fraction of sp³-hybridized carbons (Fsp3) is 0.238. The highest BCUT2D eigenvalue weighted by Crippen LogP contribution is 2.10. The van der Waals surface area contributed by atoms with Crippen LogP contribution < -0.4 is 10.7 Å². The van der Waals surface area contributed by atoms with Crippen molar-refractivity contribution in [2.24, 2.45) is 0 Å². The van der Waals surface area contributed by atoms with E-state index in [2.05, 4.69) is 10.4 Å². The van der Waals surface area contributed by atoms with Crippen molar-refractivity contribution in [1.29, 1.82) is 0 Å². The summed E-state index contributed by atoms with van der Waals surface area (Å²) in [6.07, 6.45) is 1.43. The minimum Gasteiger partial charge on any atom is -0.336 e. The number of hydrogen-bond acceptors (Lipinski definition) is 4. The van der Waals surface area contributed by atoms with Crippen molar-refractivity contribution >= 4 is 28.4 Å². The number of aryl methyl sites for hydroxylation is 2. The smallest absolute Gasteiger partial charge is 0.243 e. The summed E-state index contributed by atoms with van der Waals surface area (Å²) in [6, 6.07) is 14.6. The zero-order chi connectivity index (χ0) is 20.1. The lowest BCUT2D eigenvalue weighted by Crippen LogP contribution is -2.35. The average Bonchev–Trinajstić information content (AvgIpc) is 2.69. The average molecular weight is 378 g/mol. The van der Waals surface area contributed by atoms with Crippen LogP contribution in [0.5, 0.6) is 0 Å². The van der Waals surface area contributed by atoms with Crippen LogP contribution in [0.4, 0.5) is 5.69 Å². The summed E-state index contributed by atoms with van der Waals surface area (Å²) in [5.74, 6) is -0.435. The molecule has 1 aromatic heterocycles. The van der Waals surface area contributed by atoms with Gasteiger partial charge in [0, 0.05) is 24.5 Å². The summed E-state index contributed by atoms with van der Waals surface area (Å²) in [4.78, 5) is 37.8. The van der Waals surface area contributed by atoms with E-state index < -0.39 is 0 Å². The first-order valence-corrected chi connectivity index (χ1v) is 8.99. The number of carbonyl (C=O) groups excluding carboxylic acids is 2. The van der Waals surface area contributed by atoms with Crippen LogP contribution in [0, 0.1) is 6.92 Å². The van der Waals surface area contributed by atoms with Crippen molar-refractivity contribution in [2.45, 2.75) is 19.9 Å². The highest BCUT2D eigenvalue weighted by molar-refractivity contribution is 5.94. The number of anilines is 1. The molecule has 7 nitrogen and oxygen atoms in total. The van der Waals surface area contributed by atoms with Gasteiger partial charge in [0.15, 0.2) is 0 Å². The summed E-state index contributed by atoms with van der Waals surface area (Å²) in [5, 5.41) is 7.46. The molecule has 0 atom stereocenters. The monoisotopic (exact) mass is 378 g/mol. The fourth-order valence-corrected chi connectivity index (χ4v) is 2.87. The first kappa shape index (κ1) is 19.3. The molecule has 2 amide bonds. The minimum atomic E-state index is -0.258. The number of amides is 2. The second-order valence-electron chi connectivity index (χ2n) is 6.66. The third-order valence-corrected chi connectivity index (χ3v) is 4.44. The van der Waals surface area contributed by atoms with Gasteiger partial charge in [-0.1, -0.05) is 29.8 Å². The predicted octanol–water partition coefficient (Wildman–Crippen LogP) is 2.19. The van der Waals surface area contributed by atoms with Crippen LogP contribution in [-0.2, 0) is 16.1 Å². The number of fused-ring (bicyclic) bond motifs is 1. The van der Waals surface area contributed by atoms with Gasteiger partial charge in [0.25, 0.3) is 0 Å². The Bertz CT molecular complexity index is 1060. The molecule has 3 aromatic rings. The van der Waals surface area contributed by atoms with Crippen molar-refractivity contribution < 1.29 is 9.59 Å². The molecule has 7 heteroatoms. The Morgan fingerprint density at radius 2 is 1.82 bits per heavy atom. The maximum atomic E-state index is 12.4. The van der Waals surface area contributed by atoms with E-state index in [1.807, 2.05) is 37.3 Å². The van der Waals surface area contributed by atoms with Crippen LogP contribution in [-0.4, -0.2) is 40.1 Å². The van der Waals surface area contributed by atoms with E-state index in [1.165, 1.54) is 11.1 Å². The number of likely N-dealkylation sites (N-methyl/N-ethyl adjacent to an activating group) is 1. The SMILES string of the molecule is Cc1ccc(NC(=O)CN(C)C(=O)CCn2ncc(=O)c3ccccc32)cc1. The lowest BCUT2D eigenvalue weighted by molar-refractivity contribution is -0.133. The molecule has 1 N–H and O–H groups in total. The van der Waals surface area contributed by atoms with E-state index in [1.54, 1.807) is 29.9 Å². The summed E-state index contributed by atoms with van der Waals surface area (Å²) in [5.41, 5.74) is 2.33. The van der Waals surface area contributed by atoms with Gasteiger partial charge in [0.2, 0.25) is 17.2 Å². The molecule has 0 fully saturated rings. The Morgan fingerprint density at radius 3 is 2.57 bits per heavy atom. The molecule has 0 saturated heterocycles. The minimum absolute atomic E-state index is 0.0367. The van der Waals surface area contributed by atoms with Gasteiger partial charge in [0.1, 0.15) is 0 Å². The summed E-state index contributed by atoms with van der Waals surface area (Å²) in [7, 11) is 1.59. The number of rotatable bonds is 6. The number of nitrogens with one attached hydrogen (secondary N) is 1. The third kappa shape index (κ3) is 4.62. The quantitative estimate of drug-likeness (QED) is 0.713. The lowest BCUT2D eigenvalue weighted by Gasteiger charge is -2.17. The Hall–Kier alpha value is -3.48. The molecule has 28 heavy (non-hydrogen) atoms. The van der Waals surface area contributed by atoms with Crippen LogP contribution in [0.1, 0.15) is 12.0 Å². The molecule has 0 aliphatic carbocycles. The van der Waals surface area contributed by atoms with Crippen molar-refractivity contribution in [3.63, 3.8) is 0 Å². The van der Waals surface area contributed by atoms with Crippen molar-refractivity contribution in [3.05, 3.63) is 70.5 Å². The lowest BCUT2D eigenvalue weighted by atomic mass is 10.2. The standard InChI is InChI=1S/C21H22N4O3/c1-15-7-9-16(10-8-15)23-20(27)14-24(2)21(28)11-12-25-18-6-4-3-5-17(18)19(26)13-22-25/h3-10,13H,11-12,14H2,1-2H3,(H,23,27). The predicted molar refractivity (Wildman–Crippen MR) is 108 cm³/mol. The van der Waals surface area contributed by atoms with Crippen molar-refractivity contribution in [2.75, 3.05) is 18.9 Å². The van der Waals surface area contributed by atoms with Crippen LogP contribution in [0.2, 0.25) is 0 Å². The summed E-state index contributed by atoms with van der Waals surface area (Å²) in [6.45, 7) is 2.26. The Kier molecular flexibility index (Phi) is 5.84. The van der Waals surface area contributed by atoms with Crippen LogP contribution in [0.15, 0.2) is 59.5 Å². The molecule has 0 unspecified atom stereocenters. The number of aromatic nitrogens is 2. The van der Waals surface area contributed by atoms with Gasteiger partial charge in [-0.05, 0) is 31.2 Å². The van der Waals surface area contributed by atoms with Crippen LogP contribution in [0.25, 0.3) is 10.9 Å². The van der Waals surface area contributed by atoms with Gasteiger partial charge in [0.05, 0.1) is 24.8 Å². The fourth-order valence-electron chi connectivity index (χ4n) is 2.87. The zero-order valence-corrected chi connectivity index (χ0v) is 15.9. The molecular weight excluding hydrogens is 356 g/mol. The molecule has 2 aromatic carbocycles. The second kappa shape index (κ2) is 8.47. The topological polar surface area (TPSA) is 84.3 Å². The van der Waals surface area contributed by atoms with Gasteiger partial charge < -0.3 is 10.2 Å². The number of nitrogens with zero attached hydrogens (tertiary/aromatic N) is 3. The van der Waals surface area contributed by atoms with E-state index in [9.17, 15) is 14.4 Å². The van der Waals surface area contributed by atoms with Gasteiger partial charge in [-0.2, -0.15) is 5.10 Å². The normalized spacial score (nSPS) is 10.6. The Labute approximate surface area is 162 Å². The number of benzene rings is 2. The number of para-hydroxylation sites is 1. The molecule has 144 valence electrons. The van der Waals surface area contributed by atoms with E-state index >= 15 is 0 Å². The Balaban J connectivity index is 1.57. The molecular formula is C21H22N4O3. The molecule has 0 aliphatic heterocycles. The highest BCUT2D eigenvalue weighted by Gasteiger charge is 2.14. The highest BCUT2D eigenvalue weighted by atomic mass is 16.2. The molecule has 0 bridgehead atoms. The number of hydrogen-bond donors (Lipinski definition) is 1. The maximum absolute atomic E-state index is 12.4. The van der Waals surface area contributed by atoms with Gasteiger partial charge >= 0.3 is 0 Å². The van der Waals surface area contributed by atoms with Crippen molar-refractivity contribution in [3.8, 4) is 0 Å². The van der Waals surface area contributed by atoms with Crippen molar-refractivity contribution in [1.82, 2.24) is 14.7 Å². The first-order chi connectivity index (χ1) is 13.4. The largest absolute Gasteiger partial charge is 0.336 e. The molecule has 3 rings (SSSR count). The summed E-state index contributed by atoms with van der Waals surface area (Å²) < 4.78 is 1.63. The molecule has 0 radical (unpaired) electrons. The summed E-state index contributed by atoms with van der Waals surface area (Å²) >= 11 is 0. The van der Waals surface area contributed by atoms with Gasteiger partial charge in [-0.15, -0.1) is 0 Å². The van der Waals surface area contributed by atoms with E-state index in [0.717, 1.165) is 5.56 Å². The second-order valence-corrected chi connectivity index (χ2v) is 6.66.